The lowest BCUT2D eigenvalue weighted by molar-refractivity contribution is -0.175. The molecule has 1 rings (SSSR count). The van der Waals surface area contributed by atoms with Gasteiger partial charge in [-0.1, -0.05) is 20.8 Å². The highest BCUT2D eigenvalue weighted by Crippen LogP contribution is 2.31. The molecule has 0 N–H and O–H groups in total. The van der Waals surface area contributed by atoms with Crippen LogP contribution in [0, 0.1) is 0 Å². The van der Waals surface area contributed by atoms with Gasteiger partial charge in [-0.15, -0.1) is 0 Å². The number of halogens is 3. The summed E-state index contributed by atoms with van der Waals surface area (Å²) in [5.74, 6) is 0. The average Bonchev–Trinajstić information content (AvgIpc) is 2.54. The van der Waals surface area contributed by atoms with E-state index in [1.807, 2.05) is 13.8 Å². The first-order chi connectivity index (χ1) is 6.05. The van der Waals surface area contributed by atoms with Crippen molar-refractivity contribution >= 4 is 0 Å². The van der Waals surface area contributed by atoms with Crippen molar-refractivity contribution in [2.24, 2.45) is 0 Å². The molecule has 1 saturated heterocycles. The zero-order chi connectivity index (χ0) is 10.5. The normalized spacial score (nSPS) is 24.0. The van der Waals surface area contributed by atoms with Gasteiger partial charge in [0.25, 0.3) is 0 Å². The standard InChI is InChI=1S/C7H12F3N.C2H6/c1-2-11-5-3-4-6(11)7(8,9)10;1-2/h6H,2-5H2,1H3;1-2H3. The van der Waals surface area contributed by atoms with Crippen LogP contribution in [0.25, 0.3) is 0 Å². The number of likely N-dealkylation sites (tertiary alicyclic amines) is 1. The van der Waals surface area contributed by atoms with Crippen LogP contribution in [0.4, 0.5) is 13.2 Å². The summed E-state index contributed by atoms with van der Waals surface area (Å²) in [7, 11) is 0. The average molecular weight is 197 g/mol. The Morgan fingerprint density at radius 2 is 1.85 bits per heavy atom. The summed E-state index contributed by atoms with van der Waals surface area (Å²) in [6.45, 7) is 6.87. The molecule has 13 heavy (non-hydrogen) atoms. The van der Waals surface area contributed by atoms with Gasteiger partial charge in [-0.05, 0) is 25.9 Å². The minimum absolute atomic E-state index is 0.275. The van der Waals surface area contributed by atoms with Gasteiger partial charge in [0, 0.05) is 0 Å². The van der Waals surface area contributed by atoms with Crippen LogP contribution >= 0.6 is 0 Å². The molecule has 1 nitrogen and oxygen atoms in total. The van der Waals surface area contributed by atoms with Crippen molar-refractivity contribution in [1.29, 1.82) is 0 Å². The van der Waals surface area contributed by atoms with Gasteiger partial charge < -0.3 is 0 Å². The molecule has 80 valence electrons. The smallest absolute Gasteiger partial charge is 0.293 e. The van der Waals surface area contributed by atoms with Gasteiger partial charge in [0.05, 0.1) is 0 Å². The summed E-state index contributed by atoms with van der Waals surface area (Å²) in [6.07, 6.45) is -3.07. The molecule has 4 heteroatoms. The number of hydrogen-bond donors (Lipinski definition) is 0. The Kier molecular flexibility index (Phi) is 5.37. The van der Waals surface area contributed by atoms with Crippen molar-refractivity contribution < 1.29 is 13.2 Å². The third kappa shape index (κ3) is 3.55. The van der Waals surface area contributed by atoms with Gasteiger partial charge in [-0.25, -0.2) is 0 Å². The third-order valence-electron chi connectivity index (χ3n) is 2.15. The predicted octanol–water partition coefficient (Wildman–Crippen LogP) is 3.06. The fraction of sp³-hybridized carbons (Fsp3) is 1.00. The zero-order valence-electron chi connectivity index (χ0n) is 8.49. The van der Waals surface area contributed by atoms with Gasteiger partial charge in [-0.2, -0.15) is 13.2 Å². The van der Waals surface area contributed by atoms with E-state index in [1.165, 1.54) is 4.90 Å². The van der Waals surface area contributed by atoms with Crippen LogP contribution < -0.4 is 0 Å². The Hall–Kier alpha value is -0.250. The highest BCUT2D eigenvalue weighted by Gasteiger charge is 2.44. The van der Waals surface area contributed by atoms with Crippen LogP contribution in [0.2, 0.25) is 0 Å². The van der Waals surface area contributed by atoms with E-state index >= 15 is 0 Å². The van der Waals surface area contributed by atoms with E-state index in [-0.39, 0.29) is 6.42 Å². The molecule has 0 aromatic rings. The van der Waals surface area contributed by atoms with Crippen LogP contribution in [0.1, 0.15) is 33.6 Å². The predicted molar refractivity (Wildman–Crippen MR) is 47.7 cm³/mol. The maximum Gasteiger partial charge on any atom is 0.404 e. The summed E-state index contributed by atoms with van der Waals surface area (Å²) >= 11 is 0. The van der Waals surface area contributed by atoms with Crippen molar-refractivity contribution in [3.8, 4) is 0 Å². The molecule has 1 aliphatic rings. The molecule has 0 aromatic heterocycles. The van der Waals surface area contributed by atoms with Crippen LogP contribution in [0.3, 0.4) is 0 Å². The van der Waals surface area contributed by atoms with Crippen LogP contribution in [-0.4, -0.2) is 30.2 Å². The molecule has 1 heterocycles. The lowest BCUT2D eigenvalue weighted by Crippen LogP contribution is -2.40. The highest BCUT2D eigenvalue weighted by molar-refractivity contribution is 4.83. The van der Waals surface area contributed by atoms with Crippen LogP contribution in [-0.2, 0) is 0 Å². The molecule has 0 bridgehead atoms. The molecule has 0 radical (unpaired) electrons. The van der Waals surface area contributed by atoms with E-state index in [0.717, 1.165) is 0 Å². The number of rotatable bonds is 1. The van der Waals surface area contributed by atoms with E-state index in [0.29, 0.717) is 19.5 Å². The minimum Gasteiger partial charge on any atom is -0.293 e. The van der Waals surface area contributed by atoms with Gasteiger partial charge >= 0.3 is 6.18 Å². The highest BCUT2D eigenvalue weighted by atomic mass is 19.4. The monoisotopic (exact) mass is 197 g/mol. The van der Waals surface area contributed by atoms with Gasteiger partial charge in [-0.3, -0.25) is 4.90 Å². The fourth-order valence-corrected chi connectivity index (χ4v) is 1.58. The summed E-state index contributed by atoms with van der Waals surface area (Å²) in [5, 5.41) is 0. The quantitative estimate of drug-likeness (QED) is 0.624. The Morgan fingerprint density at radius 3 is 2.15 bits per heavy atom. The number of nitrogens with zero attached hydrogens (tertiary/aromatic N) is 1. The van der Waals surface area contributed by atoms with Crippen molar-refractivity contribution in [1.82, 2.24) is 4.90 Å². The first-order valence-electron chi connectivity index (χ1n) is 4.86. The van der Waals surface area contributed by atoms with Crippen molar-refractivity contribution in [2.75, 3.05) is 13.1 Å². The molecule has 0 amide bonds. The molecular weight excluding hydrogens is 179 g/mol. The zero-order valence-corrected chi connectivity index (χ0v) is 8.49. The molecule has 1 unspecified atom stereocenters. The number of hydrogen-bond acceptors (Lipinski definition) is 1. The third-order valence-corrected chi connectivity index (χ3v) is 2.15. The Bertz CT molecular complexity index is 133. The number of alkyl halides is 3. The van der Waals surface area contributed by atoms with E-state index in [4.69, 9.17) is 0 Å². The topological polar surface area (TPSA) is 3.24 Å². The SMILES string of the molecule is CC.CCN1CCCC1C(F)(F)F. The van der Waals surface area contributed by atoms with Gasteiger partial charge in [0.15, 0.2) is 0 Å². The summed E-state index contributed by atoms with van der Waals surface area (Å²) in [5.41, 5.74) is 0. The molecule has 0 saturated carbocycles. The van der Waals surface area contributed by atoms with E-state index in [9.17, 15) is 13.2 Å². The van der Waals surface area contributed by atoms with E-state index < -0.39 is 12.2 Å². The second-order valence-electron chi connectivity index (χ2n) is 2.83. The fourth-order valence-electron chi connectivity index (χ4n) is 1.58. The van der Waals surface area contributed by atoms with Crippen LogP contribution in [0.5, 0.6) is 0 Å². The molecule has 1 fully saturated rings. The maximum absolute atomic E-state index is 12.2. The van der Waals surface area contributed by atoms with Crippen LogP contribution in [0.15, 0.2) is 0 Å². The Morgan fingerprint density at radius 1 is 1.31 bits per heavy atom. The summed E-state index contributed by atoms with van der Waals surface area (Å²) < 4.78 is 36.5. The second-order valence-corrected chi connectivity index (χ2v) is 2.83. The Balaban J connectivity index is 0.000000671. The first kappa shape index (κ1) is 12.8. The van der Waals surface area contributed by atoms with E-state index in [2.05, 4.69) is 0 Å². The molecular formula is C9H18F3N. The molecule has 1 atom stereocenters. The molecule has 1 aliphatic heterocycles. The minimum atomic E-state index is -4.02. The second kappa shape index (κ2) is 5.47. The largest absolute Gasteiger partial charge is 0.404 e. The lowest BCUT2D eigenvalue weighted by Gasteiger charge is -2.24. The summed E-state index contributed by atoms with van der Waals surface area (Å²) in [6, 6.07) is -1.17. The maximum atomic E-state index is 12.2. The van der Waals surface area contributed by atoms with Crippen molar-refractivity contribution in [3.05, 3.63) is 0 Å². The molecule has 0 spiro atoms. The lowest BCUT2D eigenvalue weighted by atomic mass is 10.2. The molecule has 0 aliphatic carbocycles. The first-order valence-corrected chi connectivity index (χ1v) is 4.86. The molecule has 0 aromatic carbocycles. The summed E-state index contributed by atoms with van der Waals surface area (Å²) in [4.78, 5) is 1.49. The van der Waals surface area contributed by atoms with E-state index in [1.54, 1.807) is 6.92 Å². The van der Waals surface area contributed by atoms with Gasteiger partial charge in [0.1, 0.15) is 6.04 Å². The van der Waals surface area contributed by atoms with Crippen molar-refractivity contribution in [2.45, 2.75) is 45.8 Å². The Labute approximate surface area is 77.9 Å². The van der Waals surface area contributed by atoms with Gasteiger partial charge in [0.2, 0.25) is 0 Å². The van der Waals surface area contributed by atoms with Crippen molar-refractivity contribution in [3.63, 3.8) is 0 Å².